The maximum Gasteiger partial charge on any atom is 0.335 e. The molecule has 1 aliphatic heterocycles. The highest BCUT2D eigenvalue weighted by molar-refractivity contribution is 6.30. The number of ether oxygens (including phenoxy) is 1. The predicted molar refractivity (Wildman–Crippen MR) is 138 cm³/mol. The summed E-state index contributed by atoms with van der Waals surface area (Å²) in [7, 11) is 0. The predicted octanol–water partition coefficient (Wildman–Crippen LogP) is 6.84. The molecule has 1 saturated heterocycles. The fraction of sp³-hybridized carbons (Fsp3) is 0.241. The minimum Gasteiger partial charge on any atom is -0.488 e. The fourth-order valence-corrected chi connectivity index (χ4v) is 5.12. The molecule has 178 valence electrons. The monoisotopic (exact) mass is 487 g/mol. The molecule has 1 N–H and O–H groups in total. The Hall–Kier alpha value is -3.57. The van der Waals surface area contributed by atoms with Crippen molar-refractivity contribution >= 4 is 40.3 Å². The largest absolute Gasteiger partial charge is 0.488 e. The highest BCUT2D eigenvalue weighted by Crippen LogP contribution is 2.44. The van der Waals surface area contributed by atoms with E-state index < -0.39 is 5.97 Å². The molecule has 0 aromatic heterocycles. The number of amides is 1. The van der Waals surface area contributed by atoms with Crippen LogP contribution >= 0.6 is 11.6 Å². The Balaban J connectivity index is 1.57. The van der Waals surface area contributed by atoms with Crippen molar-refractivity contribution in [2.75, 3.05) is 11.4 Å². The smallest absolute Gasteiger partial charge is 0.335 e. The van der Waals surface area contributed by atoms with Gasteiger partial charge in [-0.2, -0.15) is 0 Å². The second-order valence-electron chi connectivity index (χ2n) is 8.95. The number of hydrogen-bond acceptors (Lipinski definition) is 3. The molecule has 3 aromatic carbocycles. The van der Waals surface area contributed by atoms with Gasteiger partial charge in [-0.15, -0.1) is 0 Å². The molecular formula is C29H26ClNO4. The number of rotatable bonds is 7. The molecule has 5 rings (SSSR count). The van der Waals surface area contributed by atoms with Gasteiger partial charge in [0.1, 0.15) is 12.4 Å². The van der Waals surface area contributed by atoms with Crippen LogP contribution in [0, 0.1) is 0 Å². The Morgan fingerprint density at radius 3 is 2.49 bits per heavy atom. The molecule has 1 aliphatic carbocycles. The number of carbonyl (C=O) groups is 2. The van der Waals surface area contributed by atoms with Gasteiger partial charge >= 0.3 is 5.97 Å². The molecule has 0 radical (unpaired) electrons. The van der Waals surface area contributed by atoms with Gasteiger partial charge in [-0.05, 0) is 84.4 Å². The lowest BCUT2D eigenvalue weighted by Crippen LogP contribution is -2.24. The molecule has 0 spiro atoms. The minimum absolute atomic E-state index is 0.0329. The highest BCUT2D eigenvalue weighted by Gasteiger charge is 2.26. The van der Waals surface area contributed by atoms with Gasteiger partial charge in [-0.25, -0.2) is 4.79 Å². The molecular weight excluding hydrogens is 462 g/mol. The van der Waals surface area contributed by atoms with Gasteiger partial charge in [0.2, 0.25) is 5.91 Å². The van der Waals surface area contributed by atoms with Gasteiger partial charge in [0, 0.05) is 29.2 Å². The lowest BCUT2D eigenvalue weighted by molar-refractivity contribution is -0.117. The van der Waals surface area contributed by atoms with E-state index in [1.165, 1.54) is 0 Å². The Bertz CT molecular complexity index is 1320. The Morgan fingerprint density at radius 1 is 0.943 bits per heavy atom. The van der Waals surface area contributed by atoms with Crippen LogP contribution in [0.5, 0.6) is 5.75 Å². The number of halogens is 1. The maximum atomic E-state index is 12.4. The number of carbonyl (C=O) groups excluding carboxylic acids is 1. The highest BCUT2D eigenvalue weighted by atomic mass is 35.5. The van der Waals surface area contributed by atoms with Crippen molar-refractivity contribution in [1.29, 1.82) is 0 Å². The molecule has 3 aromatic rings. The van der Waals surface area contributed by atoms with E-state index in [1.807, 2.05) is 54.6 Å². The molecule has 0 saturated carbocycles. The van der Waals surface area contributed by atoms with Gasteiger partial charge in [0.25, 0.3) is 0 Å². The van der Waals surface area contributed by atoms with Crippen molar-refractivity contribution in [1.82, 2.24) is 0 Å². The lowest BCUT2D eigenvalue weighted by atomic mass is 9.94. The van der Waals surface area contributed by atoms with Crippen molar-refractivity contribution < 1.29 is 19.4 Å². The summed E-state index contributed by atoms with van der Waals surface area (Å²) in [6.45, 7) is 1.05. The molecule has 35 heavy (non-hydrogen) atoms. The number of nitrogens with zero attached hydrogens (tertiary/aromatic N) is 1. The van der Waals surface area contributed by atoms with Crippen molar-refractivity contribution in [3.63, 3.8) is 0 Å². The molecule has 1 heterocycles. The first-order valence-electron chi connectivity index (χ1n) is 11.9. The van der Waals surface area contributed by atoms with E-state index in [0.29, 0.717) is 30.3 Å². The summed E-state index contributed by atoms with van der Waals surface area (Å²) in [4.78, 5) is 26.0. The first kappa shape index (κ1) is 23.2. The van der Waals surface area contributed by atoms with Crippen LogP contribution < -0.4 is 9.64 Å². The summed E-state index contributed by atoms with van der Waals surface area (Å²) in [5.74, 6) is -0.225. The Kier molecular flexibility index (Phi) is 6.60. The number of carboxylic acid groups (broad SMARTS) is 1. The average Bonchev–Trinajstić information content (AvgIpc) is 3.53. The molecule has 1 fully saturated rings. The number of allylic oxidation sites excluding steroid dienone is 2. The summed E-state index contributed by atoms with van der Waals surface area (Å²) in [6, 6.07) is 20.9. The minimum atomic E-state index is -1.01. The second kappa shape index (κ2) is 9.96. The topological polar surface area (TPSA) is 66.8 Å². The fourth-order valence-electron chi connectivity index (χ4n) is 4.94. The average molecular weight is 488 g/mol. The van der Waals surface area contributed by atoms with Crippen LogP contribution in [0.15, 0.2) is 66.7 Å². The van der Waals surface area contributed by atoms with Crippen LogP contribution in [0.25, 0.3) is 11.1 Å². The van der Waals surface area contributed by atoms with Crippen LogP contribution in [0.1, 0.15) is 59.2 Å². The van der Waals surface area contributed by atoms with Gasteiger partial charge in [-0.3, -0.25) is 4.79 Å². The summed E-state index contributed by atoms with van der Waals surface area (Å²) < 4.78 is 6.22. The van der Waals surface area contributed by atoms with Crippen LogP contribution in [0.2, 0.25) is 5.02 Å². The number of benzene rings is 3. The molecule has 0 atom stereocenters. The molecule has 0 unspecified atom stereocenters. The van der Waals surface area contributed by atoms with E-state index >= 15 is 0 Å². The maximum absolute atomic E-state index is 12.4. The Morgan fingerprint density at radius 2 is 1.74 bits per heavy atom. The van der Waals surface area contributed by atoms with Gasteiger partial charge in [0.15, 0.2) is 0 Å². The van der Waals surface area contributed by atoms with E-state index in [0.717, 1.165) is 59.3 Å². The second-order valence-corrected chi connectivity index (χ2v) is 9.38. The quantitative estimate of drug-likeness (QED) is 0.396. The molecule has 2 aliphatic rings. The van der Waals surface area contributed by atoms with Crippen molar-refractivity contribution in [2.24, 2.45) is 0 Å². The third-order valence-corrected chi connectivity index (χ3v) is 6.86. The molecule has 5 nitrogen and oxygen atoms in total. The molecule has 6 heteroatoms. The third-order valence-electron chi connectivity index (χ3n) is 6.62. The van der Waals surface area contributed by atoms with Crippen molar-refractivity contribution in [3.05, 3.63) is 94.0 Å². The van der Waals surface area contributed by atoms with Gasteiger partial charge < -0.3 is 14.7 Å². The number of carboxylic acids is 1. The van der Waals surface area contributed by atoms with Crippen LogP contribution in [0.4, 0.5) is 5.69 Å². The zero-order valence-electron chi connectivity index (χ0n) is 19.3. The Labute approximate surface area is 209 Å². The van der Waals surface area contributed by atoms with E-state index in [-0.39, 0.29) is 11.5 Å². The van der Waals surface area contributed by atoms with Crippen molar-refractivity contribution in [2.45, 2.75) is 38.7 Å². The van der Waals surface area contributed by atoms with Gasteiger partial charge in [-0.1, -0.05) is 41.9 Å². The lowest BCUT2D eigenvalue weighted by Gasteiger charge is -2.19. The summed E-state index contributed by atoms with van der Waals surface area (Å²) in [6.07, 6.45) is 3.88. The van der Waals surface area contributed by atoms with E-state index in [1.54, 1.807) is 17.0 Å². The number of anilines is 1. The number of aromatic carboxylic acids is 1. The first-order chi connectivity index (χ1) is 17.0. The van der Waals surface area contributed by atoms with Crippen molar-refractivity contribution in [3.8, 4) is 5.75 Å². The van der Waals surface area contributed by atoms with Gasteiger partial charge in [0.05, 0.1) is 5.56 Å². The summed E-state index contributed by atoms with van der Waals surface area (Å²) in [5.41, 5.74) is 5.85. The van der Waals surface area contributed by atoms with E-state index in [2.05, 4.69) is 0 Å². The molecule has 0 bridgehead atoms. The summed E-state index contributed by atoms with van der Waals surface area (Å²) in [5, 5.41) is 10.4. The standard InChI is InChI=1S/C29H26ClNO4/c30-22-11-12-27(35-18-19-6-2-1-3-7-19)26(17-22)25-9-4-8-24(25)20-14-21(29(33)34)16-23(15-20)31-13-5-10-28(31)32/h1-3,6-7,11-12,14-17H,4-5,8-10,13,18H2,(H,33,34). The SMILES string of the molecule is O=C(O)c1cc(C2=C(c3cc(Cl)ccc3OCc3ccccc3)CCC2)cc(N2CCCC2=O)c1. The number of hydrogen-bond donors (Lipinski definition) is 1. The molecule has 1 amide bonds. The normalized spacial score (nSPS) is 15.7. The third kappa shape index (κ3) is 4.96. The van der Waals surface area contributed by atoms with Crippen LogP contribution in [-0.4, -0.2) is 23.5 Å². The van der Waals surface area contributed by atoms with E-state index in [4.69, 9.17) is 16.3 Å². The zero-order chi connectivity index (χ0) is 24.4. The van der Waals surface area contributed by atoms with E-state index in [9.17, 15) is 14.7 Å². The van der Waals surface area contributed by atoms with Crippen LogP contribution in [-0.2, 0) is 11.4 Å². The van der Waals surface area contributed by atoms with Crippen LogP contribution in [0.3, 0.4) is 0 Å². The summed E-state index contributed by atoms with van der Waals surface area (Å²) >= 11 is 6.40. The first-order valence-corrected chi connectivity index (χ1v) is 12.3. The zero-order valence-corrected chi connectivity index (χ0v) is 20.1.